The molecule has 2 fully saturated rings. The van der Waals surface area contributed by atoms with E-state index in [9.17, 15) is 31.5 Å². The molecule has 1 amide bonds. The molecular weight excluding hydrogens is 337 g/mol. The molecule has 23 heavy (non-hydrogen) atoms. The minimum atomic E-state index is -4.86. The first-order valence-corrected chi connectivity index (χ1v) is 9.31. The molecule has 2 N–H and O–H groups in total. The second-order valence-corrected chi connectivity index (χ2v) is 8.70. The summed E-state index contributed by atoms with van der Waals surface area (Å²) in [5.74, 6) is -0.830. The Morgan fingerprint density at radius 1 is 1.22 bits per heavy atom. The van der Waals surface area contributed by atoms with Gasteiger partial charge < -0.3 is 15.3 Å². The third-order valence-electron chi connectivity index (χ3n) is 4.80. The Balaban J connectivity index is 2.31. The maximum absolute atomic E-state index is 13.0. The zero-order chi connectivity index (χ0) is 17.5. The van der Waals surface area contributed by atoms with Gasteiger partial charge >= 0.3 is 6.18 Å². The third-order valence-corrected chi connectivity index (χ3v) is 6.80. The number of likely N-dealkylation sites (tertiary alicyclic amines) is 1. The molecule has 0 bridgehead atoms. The molecule has 1 atom stereocenters. The molecule has 0 aromatic carbocycles. The van der Waals surface area contributed by atoms with Crippen LogP contribution in [0.25, 0.3) is 0 Å². The van der Waals surface area contributed by atoms with Crippen molar-refractivity contribution in [3.05, 3.63) is 0 Å². The number of alkyl halides is 3. The minimum absolute atomic E-state index is 0.0158. The van der Waals surface area contributed by atoms with Gasteiger partial charge in [0, 0.05) is 12.8 Å². The number of sulfone groups is 1. The van der Waals surface area contributed by atoms with Crippen LogP contribution in [0.15, 0.2) is 0 Å². The lowest BCUT2D eigenvalue weighted by Crippen LogP contribution is -2.64. The van der Waals surface area contributed by atoms with E-state index in [1.165, 1.54) is 0 Å². The normalized spacial score (nSPS) is 29.3. The predicted molar refractivity (Wildman–Crippen MR) is 76.5 cm³/mol. The van der Waals surface area contributed by atoms with Gasteiger partial charge in [0.25, 0.3) is 0 Å². The van der Waals surface area contributed by atoms with E-state index in [2.05, 4.69) is 5.32 Å². The van der Waals surface area contributed by atoms with Crippen molar-refractivity contribution in [2.45, 2.75) is 42.2 Å². The number of hydrogen-bond acceptors (Lipinski definition) is 5. The quantitative estimate of drug-likeness (QED) is 0.730. The number of aliphatic hydroxyl groups is 1. The molecule has 1 unspecified atom stereocenters. The lowest BCUT2D eigenvalue weighted by Gasteiger charge is -2.44. The highest BCUT2D eigenvalue weighted by atomic mass is 32.2. The fraction of sp³-hybridized carbons (Fsp3) is 0.923. The molecule has 2 rings (SSSR count). The van der Waals surface area contributed by atoms with E-state index < -0.39 is 45.2 Å². The summed E-state index contributed by atoms with van der Waals surface area (Å²) in [5, 5.41) is 12.8. The first kappa shape index (κ1) is 18.5. The SMILES string of the molecule is CS(=O)(=O)C1(C(=O)N2CCCC(O)(C(F)(F)F)C2)CCNCC1. The van der Waals surface area contributed by atoms with Crippen LogP contribution in [0.1, 0.15) is 25.7 Å². The Kier molecular flexibility index (Phi) is 4.73. The summed E-state index contributed by atoms with van der Waals surface area (Å²) in [4.78, 5) is 13.6. The smallest absolute Gasteiger partial charge is 0.379 e. The maximum Gasteiger partial charge on any atom is 0.418 e. The molecule has 2 saturated heterocycles. The second kappa shape index (κ2) is 5.89. The molecule has 0 spiro atoms. The first-order valence-electron chi connectivity index (χ1n) is 7.42. The molecule has 2 heterocycles. The maximum atomic E-state index is 13.0. The number of nitrogens with zero attached hydrogens (tertiary/aromatic N) is 1. The number of nitrogens with one attached hydrogen (secondary N) is 1. The molecular formula is C13H21F3N2O4S. The fourth-order valence-electron chi connectivity index (χ4n) is 3.30. The van der Waals surface area contributed by atoms with Gasteiger partial charge in [0.2, 0.25) is 5.91 Å². The van der Waals surface area contributed by atoms with Gasteiger partial charge in [-0.2, -0.15) is 13.2 Å². The van der Waals surface area contributed by atoms with Crippen LogP contribution in [0.3, 0.4) is 0 Å². The topological polar surface area (TPSA) is 86.7 Å². The van der Waals surface area contributed by atoms with E-state index in [0.717, 1.165) is 11.2 Å². The van der Waals surface area contributed by atoms with Crippen LogP contribution < -0.4 is 5.32 Å². The van der Waals surface area contributed by atoms with E-state index in [4.69, 9.17) is 0 Å². The van der Waals surface area contributed by atoms with Crippen LogP contribution in [0, 0.1) is 0 Å². The van der Waals surface area contributed by atoms with Crippen molar-refractivity contribution in [1.29, 1.82) is 0 Å². The van der Waals surface area contributed by atoms with E-state index >= 15 is 0 Å². The molecule has 0 aromatic heterocycles. The lowest BCUT2D eigenvalue weighted by atomic mass is 9.89. The second-order valence-electron chi connectivity index (χ2n) is 6.38. The number of carbonyl (C=O) groups is 1. The molecule has 2 aliphatic heterocycles. The van der Waals surface area contributed by atoms with Crippen LogP contribution in [0.5, 0.6) is 0 Å². The highest BCUT2D eigenvalue weighted by molar-refractivity contribution is 7.92. The molecule has 0 aliphatic carbocycles. The molecule has 134 valence electrons. The molecule has 0 saturated carbocycles. The molecule has 10 heteroatoms. The van der Waals surface area contributed by atoms with Gasteiger partial charge in [-0.1, -0.05) is 0 Å². The summed E-state index contributed by atoms with van der Waals surface area (Å²) < 4.78 is 61.7. The summed E-state index contributed by atoms with van der Waals surface area (Å²) in [5.41, 5.74) is -2.98. The van der Waals surface area contributed by atoms with Crippen molar-refractivity contribution in [2.24, 2.45) is 0 Å². The van der Waals surface area contributed by atoms with Gasteiger partial charge in [-0.3, -0.25) is 4.79 Å². The molecule has 2 aliphatic rings. The number of hydrogen-bond donors (Lipinski definition) is 2. The molecule has 6 nitrogen and oxygen atoms in total. The predicted octanol–water partition coefficient (Wildman–Crippen LogP) is 0.0690. The van der Waals surface area contributed by atoms with Gasteiger partial charge in [-0.25, -0.2) is 8.42 Å². The van der Waals surface area contributed by atoms with Gasteiger partial charge in [0.05, 0.1) is 6.54 Å². The highest BCUT2D eigenvalue weighted by Crippen LogP contribution is 2.39. The summed E-state index contributed by atoms with van der Waals surface area (Å²) >= 11 is 0. The van der Waals surface area contributed by atoms with Crippen molar-refractivity contribution >= 4 is 15.7 Å². The Labute approximate surface area is 132 Å². The average molecular weight is 358 g/mol. The van der Waals surface area contributed by atoms with Crippen LogP contribution in [0.4, 0.5) is 13.2 Å². The Bertz CT molecular complexity index is 572. The van der Waals surface area contributed by atoms with Crippen LogP contribution >= 0.6 is 0 Å². The number of carbonyl (C=O) groups excluding carboxylic acids is 1. The molecule has 0 radical (unpaired) electrons. The summed E-state index contributed by atoms with van der Waals surface area (Å²) in [6, 6.07) is 0. The number of amides is 1. The highest BCUT2D eigenvalue weighted by Gasteiger charge is 2.58. The Morgan fingerprint density at radius 3 is 2.26 bits per heavy atom. The monoisotopic (exact) mass is 358 g/mol. The third kappa shape index (κ3) is 3.20. The number of rotatable bonds is 2. The Morgan fingerprint density at radius 2 is 1.78 bits per heavy atom. The van der Waals surface area contributed by atoms with Crippen molar-refractivity contribution in [2.75, 3.05) is 32.4 Å². The zero-order valence-electron chi connectivity index (χ0n) is 12.8. The largest absolute Gasteiger partial charge is 0.418 e. The Hall–Kier alpha value is -0.870. The van der Waals surface area contributed by atoms with Gasteiger partial charge in [0.1, 0.15) is 0 Å². The van der Waals surface area contributed by atoms with Gasteiger partial charge in [-0.15, -0.1) is 0 Å². The lowest BCUT2D eigenvalue weighted by molar-refractivity contribution is -0.272. The van der Waals surface area contributed by atoms with Crippen molar-refractivity contribution in [3.8, 4) is 0 Å². The van der Waals surface area contributed by atoms with Crippen LogP contribution in [0.2, 0.25) is 0 Å². The van der Waals surface area contributed by atoms with Gasteiger partial charge in [-0.05, 0) is 38.8 Å². The van der Waals surface area contributed by atoms with E-state index in [1.54, 1.807) is 0 Å². The van der Waals surface area contributed by atoms with Crippen molar-refractivity contribution in [3.63, 3.8) is 0 Å². The van der Waals surface area contributed by atoms with Crippen LogP contribution in [-0.2, 0) is 14.6 Å². The van der Waals surface area contributed by atoms with E-state index in [-0.39, 0.29) is 25.8 Å². The number of halogens is 3. The number of piperidine rings is 2. The van der Waals surface area contributed by atoms with Crippen molar-refractivity contribution in [1.82, 2.24) is 10.2 Å². The van der Waals surface area contributed by atoms with E-state index in [0.29, 0.717) is 13.1 Å². The average Bonchev–Trinajstić information content (AvgIpc) is 2.45. The standard InChI is InChI=1S/C13H21F3N2O4S/c1-23(21,22)11(4-6-17-7-5-11)10(19)18-8-2-3-12(20,9-18)13(14,15)16/h17,20H,2-9H2,1H3. The van der Waals surface area contributed by atoms with E-state index in [1.807, 2.05) is 0 Å². The molecule has 0 aromatic rings. The summed E-state index contributed by atoms with van der Waals surface area (Å²) in [7, 11) is -3.80. The van der Waals surface area contributed by atoms with Crippen molar-refractivity contribution < 1.29 is 31.5 Å². The summed E-state index contributed by atoms with van der Waals surface area (Å²) in [6.07, 6.45) is -4.40. The minimum Gasteiger partial charge on any atom is -0.379 e. The number of β-amino-alcohol motifs (C(OH)–C–C–N with tert-alkyl or cyclic N) is 1. The fourth-order valence-corrected chi connectivity index (χ4v) is 4.69. The zero-order valence-corrected chi connectivity index (χ0v) is 13.6. The van der Waals surface area contributed by atoms with Crippen LogP contribution in [-0.4, -0.2) is 73.3 Å². The van der Waals surface area contributed by atoms with Gasteiger partial charge in [0.15, 0.2) is 20.2 Å². The summed E-state index contributed by atoms with van der Waals surface area (Å²) in [6.45, 7) is -0.297. The first-order chi connectivity index (χ1) is 10.4.